The molecule has 2 rings (SSSR count). The molecule has 0 radical (unpaired) electrons. The Morgan fingerprint density at radius 3 is 2.07 bits per heavy atom. The molecule has 2 aliphatic heterocycles. The van der Waals surface area contributed by atoms with Crippen LogP contribution in [0.25, 0.3) is 0 Å². The van der Waals surface area contributed by atoms with Crippen molar-refractivity contribution in [2.45, 2.75) is 57.7 Å². The smallest absolute Gasteiger partial charge is 0.334 e. The van der Waals surface area contributed by atoms with Crippen LogP contribution in [0.15, 0.2) is 12.7 Å². The van der Waals surface area contributed by atoms with E-state index >= 15 is 0 Å². The van der Waals surface area contributed by atoms with Gasteiger partial charge in [-0.1, -0.05) is 6.08 Å². The fourth-order valence-electron chi connectivity index (χ4n) is 2.78. The molecule has 0 saturated carbocycles. The van der Waals surface area contributed by atoms with Gasteiger partial charge in [-0.05, 0) is 38.5 Å². The number of allylic oxidation sites excluding steroid dienone is 1. The fraction of sp³-hybridized carbons (Fsp3) is 0.737. The predicted molar refractivity (Wildman–Crippen MR) is 100 cm³/mol. The number of unbranched alkanes of at least 4 members (excludes halogenated alkanes) is 1. The standard InChI is InChI=1S/C19H31N3O5/c1-3-4-5-10-20-18(24)22(12-7-9-17-14-27-17)19(25)21(15(2)23)11-6-8-16-13-26-16/h3,16-17H,1,4-14H2,2H3,(H,20,24). The molecule has 2 aliphatic rings. The Morgan fingerprint density at radius 2 is 1.59 bits per heavy atom. The summed E-state index contributed by atoms with van der Waals surface area (Å²) >= 11 is 0. The number of nitrogens with one attached hydrogen (secondary N) is 1. The van der Waals surface area contributed by atoms with Crippen LogP contribution in [-0.2, 0) is 14.3 Å². The van der Waals surface area contributed by atoms with Crippen LogP contribution in [-0.4, -0.2) is 72.8 Å². The molecule has 0 bridgehead atoms. The molecule has 0 spiro atoms. The zero-order chi connectivity index (χ0) is 19.6. The molecule has 2 heterocycles. The molecule has 5 amide bonds. The lowest BCUT2D eigenvalue weighted by Crippen LogP contribution is -2.52. The highest BCUT2D eigenvalue weighted by Crippen LogP contribution is 2.17. The molecule has 2 unspecified atom stereocenters. The van der Waals surface area contributed by atoms with Gasteiger partial charge in [0.2, 0.25) is 5.91 Å². The van der Waals surface area contributed by atoms with Gasteiger partial charge in [0.05, 0.1) is 25.4 Å². The Balaban J connectivity index is 1.90. The topological polar surface area (TPSA) is 94.8 Å². The van der Waals surface area contributed by atoms with Gasteiger partial charge >= 0.3 is 12.1 Å². The van der Waals surface area contributed by atoms with Gasteiger partial charge in [0, 0.05) is 26.6 Å². The largest absolute Gasteiger partial charge is 0.373 e. The summed E-state index contributed by atoms with van der Waals surface area (Å²) in [4.78, 5) is 39.7. The van der Waals surface area contributed by atoms with Crippen molar-refractivity contribution in [3.8, 4) is 0 Å². The van der Waals surface area contributed by atoms with E-state index in [4.69, 9.17) is 9.47 Å². The van der Waals surface area contributed by atoms with E-state index in [1.165, 1.54) is 6.92 Å². The summed E-state index contributed by atoms with van der Waals surface area (Å²) in [6.07, 6.45) is 6.74. The lowest BCUT2D eigenvalue weighted by molar-refractivity contribution is -0.126. The second kappa shape index (κ2) is 11.0. The number of urea groups is 2. The Hall–Kier alpha value is -1.93. The molecule has 8 nitrogen and oxygen atoms in total. The fourth-order valence-corrected chi connectivity index (χ4v) is 2.78. The van der Waals surface area contributed by atoms with Crippen LogP contribution >= 0.6 is 0 Å². The van der Waals surface area contributed by atoms with E-state index in [0.29, 0.717) is 25.9 Å². The molecule has 8 heteroatoms. The number of amides is 5. The zero-order valence-corrected chi connectivity index (χ0v) is 16.2. The first-order valence-corrected chi connectivity index (χ1v) is 9.74. The van der Waals surface area contributed by atoms with Crippen molar-refractivity contribution >= 4 is 18.0 Å². The molecule has 27 heavy (non-hydrogen) atoms. The zero-order valence-electron chi connectivity index (χ0n) is 16.2. The van der Waals surface area contributed by atoms with Gasteiger partial charge < -0.3 is 14.8 Å². The minimum atomic E-state index is -0.558. The van der Waals surface area contributed by atoms with E-state index in [0.717, 1.165) is 48.7 Å². The van der Waals surface area contributed by atoms with Crippen LogP contribution in [0.2, 0.25) is 0 Å². The van der Waals surface area contributed by atoms with Crippen LogP contribution in [0, 0.1) is 0 Å². The number of imide groups is 2. The molecule has 2 fully saturated rings. The maximum atomic E-state index is 12.9. The summed E-state index contributed by atoms with van der Waals surface area (Å²) in [7, 11) is 0. The Kier molecular flexibility index (Phi) is 8.74. The Bertz CT molecular complexity index is 531. The first-order chi connectivity index (χ1) is 13.0. The minimum absolute atomic E-state index is 0.236. The summed E-state index contributed by atoms with van der Waals surface area (Å²) in [5.41, 5.74) is 0. The number of ether oxygens (including phenoxy) is 2. The average molecular weight is 381 g/mol. The normalized spacial score (nSPS) is 19.9. The maximum absolute atomic E-state index is 12.9. The molecule has 0 aromatic heterocycles. The van der Waals surface area contributed by atoms with Gasteiger partial charge in [-0.15, -0.1) is 6.58 Å². The second-order valence-corrected chi connectivity index (χ2v) is 6.96. The number of hydrogen-bond acceptors (Lipinski definition) is 5. The third kappa shape index (κ3) is 8.09. The van der Waals surface area contributed by atoms with E-state index in [-0.39, 0.29) is 24.7 Å². The van der Waals surface area contributed by atoms with Crippen molar-refractivity contribution < 1.29 is 23.9 Å². The Labute approximate surface area is 160 Å². The van der Waals surface area contributed by atoms with Gasteiger partial charge in [0.15, 0.2) is 0 Å². The van der Waals surface area contributed by atoms with E-state index in [1.807, 2.05) is 0 Å². The van der Waals surface area contributed by atoms with Crippen LogP contribution in [0.5, 0.6) is 0 Å². The van der Waals surface area contributed by atoms with Crippen molar-refractivity contribution in [3.63, 3.8) is 0 Å². The minimum Gasteiger partial charge on any atom is -0.373 e. The monoisotopic (exact) mass is 381 g/mol. The molecule has 1 N–H and O–H groups in total. The summed E-state index contributed by atoms with van der Waals surface area (Å²) in [5.74, 6) is -0.355. The molecular weight excluding hydrogens is 350 g/mol. The molecule has 0 aliphatic carbocycles. The highest BCUT2D eigenvalue weighted by molar-refractivity contribution is 6.01. The van der Waals surface area contributed by atoms with Gasteiger partial charge in [0.25, 0.3) is 0 Å². The molecule has 152 valence electrons. The predicted octanol–water partition coefficient (Wildman–Crippen LogP) is 2.29. The van der Waals surface area contributed by atoms with E-state index in [1.54, 1.807) is 6.08 Å². The highest BCUT2D eigenvalue weighted by Gasteiger charge is 2.30. The van der Waals surface area contributed by atoms with E-state index in [2.05, 4.69) is 11.9 Å². The number of hydrogen-bond donors (Lipinski definition) is 1. The number of epoxide rings is 2. The van der Waals surface area contributed by atoms with Crippen LogP contribution in [0.1, 0.15) is 45.4 Å². The average Bonchev–Trinajstić information content (AvgIpc) is 3.53. The molecule has 0 aromatic rings. The Morgan fingerprint density at radius 1 is 1.04 bits per heavy atom. The van der Waals surface area contributed by atoms with Gasteiger partial charge in [-0.25, -0.2) is 14.5 Å². The molecule has 2 atom stereocenters. The lowest BCUT2D eigenvalue weighted by atomic mass is 10.2. The first kappa shape index (κ1) is 21.4. The van der Waals surface area contributed by atoms with Crippen molar-refractivity contribution in [1.82, 2.24) is 15.1 Å². The third-order valence-electron chi connectivity index (χ3n) is 4.57. The van der Waals surface area contributed by atoms with Gasteiger partial charge in [0.1, 0.15) is 0 Å². The number of carbonyl (C=O) groups is 3. The number of nitrogens with zero attached hydrogens (tertiary/aromatic N) is 2. The lowest BCUT2D eigenvalue weighted by Gasteiger charge is -2.27. The molecule has 0 aromatic carbocycles. The van der Waals surface area contributed by atoms with Crippen molar-refractivity contribution in [2.24, 2.45) is 0 Å². The van der Waals surface area contributed by atoms with Crippen molar-refractivity contribution in [2.75, 3.05) is 32.8 Å². The molecular formula is C19H31N3O5. The summed E-state index contributed by atoms with van der Waals surface area (Å²) in [6.45, 7) is 7.50. The number of rotatable bonds is 12. The van der Waals surface area contributed by atoms with E-state index < -0.39 is 12.1 Å². The molecule has 2 saturated heterocycles. The van der Waals surface area contributed by atoms with Crippen molar-refractivity contribution in [3.05, 3.63) is 12.7 Å². The maximum Gasteiger partial charge on any atom is 0.334 e. The van der Waals surface area contributed by atoms with Crippen LogP contribution in [0.4, 0.5) is 9.59 Å². The highest BCUT2D eigenvalue weighted by atomic mass is 16.6. The van der Waals surface area contributed by atoms with Crippen LogP contribution < -0.4 is 5.32 Å². The quantitative estimate of drug-likeness (QED) is 0.318. The third-order valence-corrected chi connectivity index (χ3v) is 4.57. The van der Waals surface area contributed by atoms with Crippen molar-refractivity contribution in [1.29, 1.82) is 0 Å². The van der Waals surface area contributed by atoms with Gasteiger partial charge in [-0.3, -0.25) is 9.69 Å². The second-order valence-electron chi connectivity index (χ2n) is 6.96. The number of carbonyl (C=O) groups excluding carboxylic acids is 3. The first-order valence-electron chi connectivity index (χ1n) is 9.74. The summed E-state index contributed by atoms with van der Waals surface area (Å²) in [5, 5.41) is 2.76. The SMILES string of the molecule is C=CCCCNC(=O)N(CCCC1CO1)C(=O)N(CCCC1CO1)C(C)=O. The van der Waals surface area contributed by atoms with Crippen LogP contribution in [0.3, 0.4) is 0 Å². The van der Waals surface area contributed by atoms with E-state index in [9.17, 15) is 14.4 Å². The summed E-state index contributed by atoms with van der Waals surface area (Å²) in [6, 6.07) is -1.02. The summed E-state index contributed by atoms with van der Waals surface area (Å²) < 4.78 is 10.3. The van der Waals surface area contributed by atoms with Gasteiger partial charge in [-0.2, -0.15) is 0 Å².